The Hall–Kier alpha value is -0.800. The van der Waals surface area contributed by atoms with Crippen LogP contribution in [0, 0.1) is 0 Å². The Kier molecular flexibility index (Phi) is 4.84. The lowest BCUT2D eigenvalue weighted by Crippen LogP contribution is -1.97. The van der Waals surface area contributed by atoms with Gasteiger partial charge in [0, 0.05) is 9.30 Å². The quantitative estimate of drug-likeness (QED) is 0.678. The molecule has 0 saturated heterocycles. The van der Waals surface area contributed by atoms with Gasteiger partial charge >= 0.3 is 0 Å². The summed E-state index contributed by atoms with van der Waals surface area (Å²) in [6.07, 6.45) is 0.964. The molecule has 0 aliphatic rings. The Morgan fingerprint density at radius 3 is 2.44 bits per heavy atom. The molecule has 94 valence electrons. The second-order valence-corrected chi connectivity index (χ2v) is 6.00. The van der Waals surface area contributed by atoms with Gasteiger partial charge < -0.3 is 4.74 Å². The lowest BCUT2D eigenvalue weighted by atomic mass is 10.0. The first-order valence-electron chi connectivity index (χ1n) is 5.72. The topological polar surface area (TPSA) is 9.23 Å². The van der Waals surface area contributed by atoms with E-state index >= 15 is 0 Å². The first kappa shape index (κ1) is 13.6. The molecule has 0 spiro atoms. The Labute approximate surface area is 124 Å². The van der Waals surface area contributed by atoms with E-state index in [1.807, 2.05) is 18.2 Å². The van der Waals surface area contributed by atoms with Gasteiger partial charge in [0.1, 0.15) is 5.75 Å². The molecule has 0 N–H and O–H groups in total. The van der Waals surface area contributed by atoms with E-state index in [0.29, 0.717) is 4.83 Å². The first-order valence-corrected chi connectivity index (χ1v) is 7.43. The van der Waals surface area contributed by atoms with Gasteiger partial charge in [-0.1, -0.05) is 68.3 Å². The van der Waals surface area contributed by atoms with Crippen molar-refractivity contribution in [1.29, 1.82) is 0 Å². The summed E-state index contributed by atoms with van der Waals surface area (Å²) in [6.45, 7) is 0. The van der Waals surface area contributed by atoms with Gasteiger partial charge in [0.05, 0.1) is 7.11 Å². The van der Waals surface area contributed by atoms with E-state index in [1.54, 1.807) is 7.11 Å². The molecule has 0 aliphatic carbocycles. The summed E-state index contributed by atoms with van der Waals surface area (Å²) in [4.78, 5) is 0.292. The fraction of sp³-hybridized carbons (Fsp3) is 0.200. The lowest BCUT2D eigenvalue weighted by Gasteiger charge is -2.13. The van der Waals surface area contributed by atoms with Crippen LogP contribution in [0.25, 0.3) is 0 Å². The van der Waals surface area contributed by atoms with E-state index in [4.69, 9.17) is 4.74 Å². The number of alkyl halides is 1. The van der Waals surface area contributed by atoms with Crippen molar-refractivity contribution in [1.82, 2.24) is 0 Å². The number of benzene rings is 2. The van der Waals surface area contributed by atoms with Crippen molar-refractivity contribution in [3.63, 3.8) is 0 Å². The standard InChI is InChI=1S/C15H14Br2O/c1-18-12-7-8-13(15(17)10-12)14(16)9-11-5-3-2-4-6-11/h2-8,10,14H,9H2,1H3. The second kappa shape index (κ2) is 6.39. The molecule has 18 heavy (non-hydrogen) atoms. The molecule has 0 bridgehead atoms. The van der Waals surface area contributed by atoms with Crippen molar-refractivity contribution in [3.8, 4) is 5.75 Å². The van der Waals surface area contributed by atoms with E-state index in [0.717, 1.165) is 16.6 Å². The molecule has 1 unspecified atom stereocenters. The highest BCUT2D eigenvalue weighted by Crippen LogP contribution is 2.34. The van der Waals surface area contributed by atoms with Crippen molar-refractivity contribution < 1.29 is 4.74 Å². The lowest BCUT2D eigenvalue weighted by molar-refractivity contribution is 0.414. The molecule has 0 radical (unpaired) electrons. The minimum Gasteiger partial charge on any atom is -0.497 e. The van der Waals surface area contributed by atoms with E-state index in [-0.39, 0.29) is 0 Å². The van der Waals surface area contributed by atoms with Crippen LogP contribution in [-0.2, 0) is 6.42 Å². The fourth-order valence-electron chi connectivity index (χ4n) is 1.82. The molecule has 0 amide bonds. The highest BCUT2D eigenvalue weighted by atomic mass is 79.9. The van der Waals surface area contributed by atoms with Crippen LogP contribution < -0.4 is 4.74 Å². The van der Waals surface area contributed by atoms with Crippen LogP contribution in [0.1, 0.15) is 16.0 Å². The molecule has 2 rings (SSSR count). The molecule has 2 aromatic rings. The van der Waals surface area contributed by atoms with Gasteiger partial charge in [-0.3, -0.25) is 0 Å². The number of rotatable bonds is 4. The Morgan fingerprint density at radius 1 is 1.11 bits per heavy atom. The normalized spacial score (nSPS) is 12.2. The van der Waals surface area contributed by atoms with Crippen LogP contribution in [0.2, 0.25) is 0 Å². The Balaban J connectivity index is 2.16. The Morgan fingerprint density at radius 2 is 1.83 bits per heavy atom. The van der Waals surface area contributed by atoms with Crippen molar-refractivity contribution in [2.24, 2.45) is 0 Å². The van der Waals surface area contributed by atoms with Crippen LogP contribution in [-0.4, -0.2) is 7.11 Å². The summed E-state index contributed by atoms with van der Waals surface area (Å²) in [5.74, 6) is 0.866. The predicted octanol–water partition coefficient (Wildman–Crippen LogP) is 5.14. The number of hydrogen-bond acceptors (Lipinski definition) is 1. The maximum atomic E-state index is 5.20. The van der Waals surface area contributed by atoms with Crippen LogP contribution >= 0.6 is 31.9 Å². The van der Waals surface area contributed by atoms with E-state index < -0.39 is 0 Å². The monoisotopic (exact) mass is 368 g/mol. The minimum atomic E-state index is 0.292. The summed E-state index contributed by atoms with van der Waals surface area (Å²) >= 11 is 7.34. The zero-order valence-electron chi connectivity index (χ0n) is 10.1. The third-order valence-electron chi connectivity index (χ3n) is 2.80. The summed E-state index contributed by atoms with van der Waals surface area (Å²) in [5.41, 5.74) is 2.56. The number of hydrogen-bond donors (Lipinski definition) is 0. The van der Waals surface area contributed by atoms with Gasteiger partial charge in [0.25, 0.3) is 0 Å². The first-order chi connectivity index (χ1) is 8.70. The summed E-state index contributed by atoms with van der Waals surface area (Å²) in [7, 11) is 1.68. The zero-order valence-corrected chi connectivity index (χ0v) is 13.2. The molecule has 2 aromatic carbocycles. The second-order valence-electron chi connectivity index (χ2n) is 4.04. The molecular formula is C15H14Br2O. The van der Waals surface area contributed by atoms with Crippen LogP contribution in [0.5, 0.6) is 5.75 Å². The van der Waals surface area contributed by atoms with E-state index in [9.17, 15) is 0 Å². The molecular weight excluding hydrogens is 356 g/mol. The number of methoxy groups -OCH3 is 1. The van der Waals surface area contributed by atoms with Crippen LogP contribution in [0.3, 0.4) is 0 Å². The average Bonchev–Trinajstić information content (AvgIpc) is 2.39. The summed E-state index contributed by atoms with van der Waals surface area (Å²) < 4.78 is 6.27. The molecule has 0 fully saturated rings. The fourth-order valence-corrected chi connectivity index (χ4v) is 3.53. The largest absolute Gasteiger partial charge is 0.497 e. The van der Waals surface area contributed by atoms with Crippen LogP contribution in [0.15, 0.2) is 53.0 Å². The predicted molar refractivity (Wildman–Crippen MR) is 82.5 cm³/mol. The van der Waals surface area contributed by atoms with Crippen molar-refractivity contribution >= 4 is 31.9 Å². The van der Waals surface area contributed by atoms with Gasteiger partial charge in [-0.25, -0.2) is 0 Å². The third-order valence-corrected chi connectivity index (χ3v) is 4.31. The number of halogens is 2. The summed E-state index contributed by atoms with van der Waals surface area (Å²) in [6, 6.07) is 16.5. The highest BCUT2D eigenvalue weighted by molar-refractivity contribution is 9.11. The zero-order chi connectivity index (χ0) is 13.0. The summed E-state index contributed by atoms with van der Waals surface area (Å²) in [5, 5.41) is 0. The van der Waals surface area contributed by atoms with Gasteiger partial charge in [0.2, 0.25) is 0 Å². The van der Waals surface area contributed by atoms with Gasteiger partial charge in [-0.05, 0) is 29.7 Å². The molecule has 0 aromatic heterocycles. The third kappa shape index (κ3) is 3.36. The van der Waals surface area contributed by atoms with Gasteiger partial charge in [0.15, 0.2) is 0 Å². The molecule has 3 heteroatoms. The Bertz CT molecular complexity index is 511. The minimum absolute atomic E-state index is 0.292. The molecule has 0 heterocycles. The van der Waals surface area contributed by atoms with Gasteiger partial charge in [-0.2, -0.15) is 0 Å². The maximum absolute atomic E-state index is 5.20. The maximum Gasteiger partial charge on any atom is 0.120 e. The van der Waals surface area contributed by atoms with Crippen molar-refractivity contribution in [2.75, 3.05) is 7.11 Å². The molecule has 0 saturated carbocycles. The SMILES string of the molecule is COc1ccc(C(Br)Cc2ccccc2)c(Br)c1. The molecule has 1 nitrogen and oxygen atoms in total. The van der Waals surface area contributed by atoms with Crippen molar-refractivity contribution in [3.05, 3.63) is 64.1 Å². The van der Waals surface area contributed by atoms with E-state index in [2.05, 4.69) is 62.2 Å². The smallest absolute Gasteiger partial charge is 0.120 e. The average molecular weight is 370 g/mol. The highest BCUT2D eigenvalue weighted by Gasteiger charge is 2.12. The molecule has 0 aliphatic heterocycles. The van der Waals surface area contributed by atoms with Crippen LogP contribution in [0.4, 0.5) is 0 Å². The van der Waals surface area contributed by atoms with E-state index in [1.165, 1.54) is 11.1 Å². The van der Waals surface area contributed by atoms with Crippen molar-refractivity contribution in [2.45, 2.75) is 11.2 Å². The van der Waals surface area contributed by atoms with Gasteiger partial charge in [-0.15, -0.1) is 0 Å². The number of ether oxygens (including phenoxy) is 1. The molecule has 1 atom stereocenters.